The largest absolute Gasteiger partial charge is 0.461 e. The zero-order chi connectivity index (χ0) is 10.9. The zero-order valence-corrected chi connectivity index (χ0v) is 8.83. The molecule has 0 aromatic heterocycles. The number of carbonyl (C=O) groups is 1. The van der Waals surface area contributed by atoms with Gasteiger partial charge in [-0.1, -0.05) is 6.58 Å². The van der Waals surface area contributed by atoms with Crippen molar-refractivity contribution in [2.75, 3.05) is 34.4 Å². The van der Waals surface area contributed by atoms with Gasteiger partial charge in [-0.3, -0.25) is 0 Å². The Balaban J connectivity index is 0. The Kier molecular flexibility index (Phi) is 10.4. The van der Waals surface area contributed by atoms with Gasteiger partial charge in [-0.15, -0.1) is 0 Å². The molecule has 0 aromatic carbocycles. The molecule has 1 N–H and O–H groups in total. The van der Waals surface area contributed by atoms with Crippen LogP contribution in [0.1, 0.15) is 6.92 Å². The van der Waals surface area contributed by atoms with Crippen LogP contribution < -0.4 is 0 Å². The van der Waals surface area contributed by atoms with Crippen LogP contribution >= 0.6 is 0 Å². The molecule has 0 rings (SSSR count). The average molecular weight is 189 g/mol. The molecular formula is C9H19NO3. The normalized spacial score (nSPS) is 8.77. The van der Waals surface area contributed by atoms with E-state index in [4.69, 9.17) is 9.84 Å². The highest BCUT2D eigenvalue weighted by Crippen LogP contribution is 1.91. The maximum Gasteiger partial charge on any atom is 0.333 e. The molecule has 4 heteroatoms. The van der Waals surface area contributed by atoms with Gasteiger partial charge < -0.3 is 14.7 Å². The summed E-state index contributed by atoms with van der Waals surface area (Å²) in [5.74, 6) is -0.313. The van der Waals surface area contributed by atoms with E-state index < -0.39 is 0 Å². The Bertz CT molecular complexity index is 155. The Morgan fingerprint density at radius 1 is 1.46 bits per heavy atom. The number of esters is 1. The third-order valence-electron chi connectivity index (χ3n) is 1.12. The molecule has 13 heavy (non-hydrogen) atoms. The van der Waals surface area contributed by atoms with Crippen molar-refractivity contribution in [1.29, 1.82) is 0 Å². The molecule has 0 amide bonds. The van der Waals surface area contributed by atoms with Gasteiger partial charge in [-0.2, -0.15) is 0 Å². The van der Waals surface area contributed by atoms with Gasteiger partial charge >= 0.3 is 5.97 Å². The quantitative estimate of drug-likeness (QED) is 0.509. The Morgan fingerprint density at radius 3 is 2.23 bits per heavy atom. The Labute approximate surface area is 79.8 Å². The number of aliphatic hydroxyl groups excluding tert-OH is 1. The number of hydrogen-bond donors (Lipinski definition) is 1. The molecule has 0 spiro atoms. The monoisotopic (exact) mass is 189 g/mol. The topological polar surface area (TPSA) is 49.8 Å². The van der Waals surface area contributed by atoms with E-state index in [1.165, 1.54) is 0 Å². The minimum absolute atomic E-state index is 0.313. The molecular weight excluding hydrogens is 170 g/mol. The van der Waals surface area contributed by atoms with E-state index in [1.54, 1.807) is 6.92 Å². The lowest BCUT2D eigenvalue weighted by Crippen LogP contribution is -2.20. The zero-order valence-electron chi connectivity index (χ0n) is 8.83. The van der Waals surface area contributed by atoms with Crippen molar-refractivity contribution in [3.8, 4) is 0 Å². The maximum atomic E-state index is 10.8. The molecule has 0 unspecified atom stereocenters. The highest BCUT2D eigenvalue weighted by atomic mass is 16.5. The molecule has 0 saturated heterocycles. The van der Waals surface area contributed by atoms with E-state index in [0.29, 0.717) is 12.2 Å². The molecule has 0 aliphatic carbocycles. The molecule has 0 aromatic rings. The van der Waals surface area contributed by atoms with Crippen molar-refractivity contribution in [3.63, 3.8) is 0 Å². The second-order valence-electron chi connectivity index (χ2n) is 2.72. The number of likely N-dealkylation sites (N-methyl/N-ethyl adjacent to an activating group) is 1. The van der Waals surface area contributed by atoms with Crippen LogP contribution in [0.15, 0.2) is 12.2 Å². The summed E-state index contributed by atoms with van der Waals surface area (Å²) in [6.45, 7) is 6.28. The van der Waals surface area contributed by atoms with E-state index in [0.717, 1.165) is 13.7 Å². The smallest absolute Gasteiger partial charge is 0.333 e. The van der Waals surface area contributed by atoms with E-state index in [1.807, 2.05) is 19.0 Å². The van der Waals surface area contributed by atoms with Crippen LogP contribution in [0.25, 0.3) is 0 Å². The van der Waals surface area contributed by atoms with Crippen LogP contribution in [-0.4, -0.2) is 50.3 Å². The van der Waals surface area contributed by atoms with Crippen LogP contribution in [0.3, 0.4) is 0 Å². The summed E-state index contributed by atoms with van der Waals surface area (Å²) in [4.78, 5) is 12.7. The van der Waals surface area contributed by atoms with Gasteiger partial charge in [0.05, 0.1) is 0 Å². The first-order valence-corrected chi connectivity index (χ1v) is 3.96. The summed E-state index contributed by atoms with van der Waals surface area (Å²) in [6, 6.07) is 0. The van der Waals surface area contributed by atoms with Crippen molar-refractivity contribution in [2.24, 2.45) is 0 Å². The van der Waals surface area contributed by atoms with E-state index in [2.05, 4.69) is 6.58 Å². The van der Waals surface area contributed by atoms with Crippen molar-refractivity contribution < 1.29 is 14.6 Å². The molecule has 4 nitrogen and oxygen atoms in total. The first kappa shape index (κ1) is 14.6. The lowest BCUT2D eigenvalue weighted by atomic mass is 10.4. The first-order chi connectivity index (χ1) is 6.04. The predicted molar refractivity (Wildman–Crippen MR) is 52.5 cm³/mol. The summed E-state index contributed by atoms with van der Waals surface area (Å²) in [5.41, 5.74) is 0.448. The fourth-order valence-electron chi connectivity index (χ4n) is 0.444. The van der Waals surface area contributed by atoms with Crippen molar-refractivity contribution in [3.05, 3.63) is 12.2 Å². The molecule has 78 valence electrons. The van der Waals surface area contributed by atoms with E-state index >= 15 is 0 Å². The SMILES string of the molecule is C=C(C)C(=O)OCCN(C)C.CO. The van der Waals surface area contributed by atoms with Gasteiger partial charge in [0.15, 0.2) is 0 Å². The van der Waals surface area contributed by atoms with Crippen LogP contribution in [0.2, 0.25) is 0 Å². The number of rotatable bonds is 4. The van der Waals surface area contributed by atoms with Gasteiger partial charge in [-0.05, 0) is 21.0 Å². The molecule has 0 aliphatic heterocycles. The molecule has 0 aliphatic rings. The highest BCUT2D eigenvalue weighted by molar-refractivity contribution is 5.86. The van der Waals surface area contributed by atoms with Crippen molar-refractivity contribution in [1.82, 2.24) is 4.90 Å². The fourth-order valence-corrected chi connectivity index (χ4v) is 0.444. The summed E-state index contributed by atoms with van der Waals surface area (Å²) >= 11 is 0. The molecule has 0 radical (unpaired) electrons. The average Bonchev–Trinajstić information content (AvgIpc) is 2.07. The van der Waals surface area contributed by atoms with Crippen molar-refractivity contribution >= 4 is 5.97 Å². The lowest BCUT2D eigenvalue weighted by Gasteiger charge is -2.09. The second kappa shape index (κ2) is 9.22. The van der Waals surface area contributed by atoms with Gasteiger partial charge in [0.25, 0.3) is 0 Å². The van der Waals surface area contributed by atoms with Crippen molar-refractivity contribution in [2.45, 2.75) is 6.92 Å². The van der Waals surface area contributed by atoms with E-state index in [-0.39, 0.29) is 5.97 Å². The van der Waals surface area contributed by atoms with Gasteiger partial charge in [-0.25, -0.2) is 4.79 Å². The molecule has 0 heterocycles. The first-order valence-electron chi connectivity index (χ1n) is 3.96. The molecule has 0 fully saturated rings. The van der Waals surface area contributed by atoms with Crippen LogP contribution in [0, 0.1) is 0 Å². The fraction of sp³-hybridized carbons (Fsp3) is 0.667. The second-order valence-corrected chi connectivity index (χ2v) is 2.72. The highest BCUT2D eigenvalue weighted by Gasteiger charge is 2.01. The van der Waals surface area contributed by atoms with Gasteiger partial charge in [0, 0.05) is 19.2 Å². The van der Waals surface area contributed by atoms with Crippen LogP contribution in [0.4, 0.5) is 0 Å². The van der Waals surface area contributed by atoms with Crippen LogP contribution in [-0.2, 0) is 9.53 Å². The maximum absolute atomic E-state index is 10.8. The lowest BCUT2D eigenvalue weighted by molar-refractivity contribution is -0.139. The van der Waals surface area contributed by atoms with E-state index in [9.17, 15) is 4.79 Å². The third-order valence-corrected chi connectivity index (χ3v) is 1.12. The van der Waals surface area contributed by atoms with Gasteiger partial charge in [0.1, 0.15) is 6.61 Å². The third kappa shape index (κ3) is 11.1. The minimum atomic E-state index is -0.313. The number of aliphatic hydroxyl groups is 1. The van der Waals surface area contributed by atoms with Crippen LogP contribution in [0.5, 0.6) is 0 Å². The summed E-state index contributed by atoms with van der Waals surface area (Å²) in [5, 5.41) is 7.00. The number of hydrogen-bond acceptors (Lipinski definition) is 4. The Hall–Kier alpha value is -0.870. The standard InChI is InChI=1S/C8H15NO2.CH4O/c1-7(2)8(10)11-6-5-9(3)4;1-2/h1,5-6H2,2-4H3;2H,1H3. The molecule has 0 saturated carbocycles. The number of nitrogens with zero attached hydrogens (tertiary/aromatic N) is 1. The number of ether oxygens (including phenoxy) is 1. The Morgan fingerprint density at radius 2 is 1.92 bits per heavy atom. The minimum Gasteiger partial charge on any atom is -0.461 e. The molecule has 0 atom stereocenters. The summed E-state index contributed by atoms with van der Waals surface area (Å²) in [7, 11) is 4.85. The van der Waals surface area contributed by atoms with Gasteiger partial charge in [0.2, 0.25) is 0 Å². The number of carbonyl (C=O) groups excluding carboxylic acids is 1. The predicted octanol–water partition coefficient (Wildman–Crippen LogP) is 0.276. The molecule has 0 bridgehead atoms. The summed E-state index contributed by atoms with van der Waals surface area (Å²) in [6.07, 6.45) is 0. The summed E-state index contributed by atoms with van der Waals surface area (Å²) < 4.78 is 4.83.